The molecule has 0 atom stereocenters. The Labute approximate surface area is 148 Å². The van der Waals surface area contributed by atoms with Crippen LogP contribution >= 0.6 is 11.6 Å². The number of halogens is 1. The Morgan fingerprint density at radius 1 is 1.25 bits per heavy atom. The molecule has 6 heteroatoms. The van der Waals surface area contributed by atoms with Gasteiger partial charge in [-0.05, 0) is 50.3 Å². The second-order valence-corrected chi connectivity index (χ2v) is 6.40. The first-order valence-electron chi connectivity index (χ1n) is 8.39. The predicted octanol–water partition coefficient (Wildman–Crippen LogP) is 3.57. The molecule has 0 radical (unpaired) electrons. The number of carbonyl (C=O) groups excluding carboxylic acids is 1. The van der Waals surface area contributed by atoms with Gasteiger partial charge >= 0.3 is 5.97 Å². The van der Waals surface area contributed by atoms with E-state index in [9.17, 15) is 4.79 Å². The number of rotatable bonds is 7. The van der Waals surface area contributed by atoms with Crippen molar-refractivity contribution in [1.82, 2.24) is 5.32 Å². The maximum absolute atomic E-state index is 11.6. The second-order valence-electron chi connectivity index (χ2n) is 5.99. The van der Waals surface area contributed by atoms with E-state index in [1.807, 2.05) is 19.1 Å². The molecule has 1 saturated carbocycles. The van der Waals surface area contributed by atoms with E-state index in [1.54, 1.807) is 7.11 Å². The fourth-order valence-corrected chi connectivity index (χ4v) is 3.41. The fraction of sp³-hybridized carbons (Fsp3) is 0.611. The van der Waals surface area contributed by atoms with E-state index >= 15 is 0 Å². The normalized spacial score (nSPS) is 20.5. The van der Waals surface area contributed by atoms with Crippen molar-refractivity contribution in [2.24, 2.45) is 5.92 Å². The third kappa shape index (κ3) is 4.77. The molecule has 134 valence electrons. The molecular weight excluding hydrogens is 330 g/mol. The van der Waals surface area contributed by atoms with E-state index in [0.717, 1.165) is 31.2 Å². The minimum atomic E-state index is -0.0866. The van der Waals surface area contributed by atoms with Crippen LogP contribution < -0.4 is 14.8 Å². The standard InChI is InChI=1S/C18H26ClNO4/c1-4-24-17-15(19)9-12(10-16(17)22-2)11-20-14-7-5-13(6-8-14)18(21)23-3/h9-10,13-14,20H,4-8,11H2,1-3H3. The molecule has 0 bridgehead atoms. The Morgan fingerprint density at radius 2 is 1.96 bits per heavy atom. The molecule has 0 aromatic heterocycles. The van der Waals surface area contributed by atoms with Crippen LogP contribution in [-0.2, 0) is 16.1 Å². The molecule has 1 fully saturated rings. The van der Waals surface area contributed by atoms with Crippen LogP contribution in [0.15, 0.2) is 12.1 Å². The maximum Gasteiger partial charge on any atom is 0.308 e. The molecule has 1 aromatic carbocycles. The minimum absolute atomic E-state index is 0.0491. The lowest BCUT2D eigenvalue weighted by Crippen LogP contribution is -2.34. The fourth-order valence-electron chi connectivity index (χ4n) is 3.12. The van der Waals surface area contributed by atoms with Crippen molar-refractivity contribution in [1.29, 1.82) is 0 Å². The van der Waals surface area contributed by atoms with Crippen LogP contribution in [0.5, 0.6) is 11.5 Å². The van der Waals surface area contributed by atoms with Gasteiger partial charge in [0.25, 0.3) is 0 Å². The molecule has 1 aromatic rings. The number of carbonyl (C=O) groups is 1. The Balaban J connectivity index is 1.91. The number of esters is 1. The molecule has 0 saturated heterocycles. The third-order valence-electron chi connectivity index (χ3n) is 4.43. The first-order valence-corrected chi connectivity index (χ1v) is 8.77. The van der Waals surface area contributed by atoms with Crippen molar-refractivity contribution in [3.05, 3.63) is 22.7 Å². The quantitative estimate of drug-likeness (QED) is 0.758. The molecule has 0 spiro atoms. The number of benzene rings is 1. The summed E-state index contributed by atoms with van der Waals surface area (Å²) < 4.78 is 15.7. The lowest BCUT2D eigenvalue weighted by atomic mass is 9.86. The number of nitrogens with one attached hydrogen (secondary N) is 1. The number of methoxy groups -OCH3 is 2. The maximum atomic E-state index is 11.6. The highest BCUT2D eigenvalue weighted by molar-refractivity contribution is 6.32. The molecule has 0 heterocycles. The molecule has 0 unspecified atom stereocenters. The van der Waals surface area contributed by atoms with Gasteiger partial charge in [0.15, 0.2) is 11.5 Å². The van der Waals surface area contributed by atoms with Crippen LogP contribution in [0.3, 0.4) is 0 Å². The average molecular weight is 356 g/mol. The molecular formula is C18H26ClNO4. The van der Waals surface area contributed by atoms with Crippen molar-refractivity contribution in [2.45, 2.75) is 45.2 Å². The van der Waals surface area contributed by atoms with Crippen LogP contribution in [0.25, 0.3) is 0 Å². The second kappa shape index (κ2) is 9.14. The van der Waals surface area contributed by atoms with Gasteiger partial charge in [-0.15, -0.1) is 0 Å². The molecule has 1 aliphatic carbocycles. The lowest BCUT2D eigenvalue weighted by Gasteiger charge is -2.27. The first-order chi connectivity index (χ1) is 11.6. The van der Waals surface area contributed by atoms with Crippen molar-refractivity contribution < 1.29 is 19.0 Å². The molecule has 1 aliphatic rings. The largest absolute Gasteiger partial charge is 0.493 e. The molecule has 2 rings (SSSR count). The summed E-state index contributed by atoms with van der Waals surface area (Å²) in [5.74, 6) is 1.20. The van der Waals surface area contributed by atoms with Crippen LogP contribution in [-0.4, -0.2) is 32.8 Å². The molecule has 1 N–H and O–H groups in total. The first kappa shape index (κ1) is 18.9. The van der Waals surface area contributed by atoms with Gasteiger partial charge in [-0.25, -0.2) is 0 Å². The van der Waals surface area contributed by atoms with Gasteiger partial charge in [0, 0.05) is 12.6 Å². The van der Waals surface area contributed by atoms with E-state index in [0.29, 0.717) is 35.7 Å². The van der Waals surface area contributed by atoms with Crippen molar-refractivity contribution in [3.63, 3.8) is 0 Å². The Hall–Kier alpha value is -1.46. The Bertz CT molecular complexity index is 556. The SMILES string of the molecule is CCOc1c(Cl)cc(CNC2CCC(C(=O)OC)CC2)cc1OC. The van der Waals surface area contributed by atoms with Crippen molar-refractivity contribution in [2.75, 3.05) is 20.8 Å². The van der Waals surface area contributed by atoms with Gasteiger partial charge in [0.2, 0.25) is 0 Å². The van der Waals surface area contributed by atoms with Crippen LogP contribution in [0, 0.1) is 5.92 Å². The topological polar surface area (TPSA) is 56.8 Å². The summed E-state index contributed by atoms with van der Waals surface area (Å²) in [7, 11) is 3.06. The van der Waals surface area contributed by atoms with Crippen LogP contribution in [0.4, 0.5) is 0 Å². The zero-order chi connectivity index (χ0) is 17.5. The predicted molar refractivity (Wildman–Crippen MR) is 93.8 cm³/mol. The summed E-state index contributed by atoms with van der Waals surface area (Å²) in [6, 6.07) is 4.26. The van der Waals surface area contributed by atoms with Gasteiger partial charge in [-0.2, -0.15) is 0 Å². The summed E-state index contributed by atoms with van der Waals surface area (Å²) in [5, 5.41) is 4.10. The minimum Gasteiger partial charge on any atom is -0.493 e. The summed E-state index contributed by atoms with van der Waals surface area (Å²) in [4.78, 5) is 11.6. The smallest absolute Gasteiger partial charge is 0.308 e. The molecule has 5 nitrogen and oxygen atoms in total. The summed E-state index contributed by atoms with van der Waals surface area (Å²) in [5.41, 5.74) is 1.05. The van der Waals surface area contributed by atoms with Crippen LogP contribution in [0.2, 0.25) is 5.02 Å². The zero-order valence-electron chi connectivity index (χ0n) is 14.6. The number of hydrogen-bond acceptors (Lipinski definition) is 5. The summed E-state index contributed by atoms with van der Waals surface area (Å²) in [6.45, 7) is 3.16. The van der Waals surface area contributed by atoms with Gasteiger partial charge in [0.05, 0.1) is 31.8 Å². The number of ether oxygens (including phenoxy) is 3. The van der Waals surface area contributed by atoms with Gasteiger partial charge in [-0.1, -0.05) is 11.6 Å². The van der Waals surface area contributed by atoms with Gasteiger partial charge in [-0.3, -0.25) is 4.79 Å². The Kier molecular flexibility index (Phi) is 7.18. The van der Waals surface area contributed by atoms with Crippen LogP contribution in [0.1, 0.15) is 38.2 Å². The number of hydrogen-bond donors (Lipinski definition) is 1. The highest BCUT2D eigenvalue weighted by atomic mass is 35.5. The third-order valence-corrected chi connectivity index (χ3v) is 4.72. The average Bonchev–Trinajstić information content (AvgIpc) is 2.61. The lowest BCUT2D eigenvalue weighted by molar-refractivity contribution is -0.146. The molecule has 24 heavy (non-hydrogen) atoms. The summed E-state index contributed by atoms with van der Waals surface area (Å²) >= 11 is 6.30. The molecule has 0 aliphatic heterocycles. The van der Waals surface area contributed by atoms with Gasteiger partial charge < -0.3 is 19.5 Å². The summed E-state index contributed by atoms with van der Waals surface area (Å²) in [6.07, 6.45) is 3.69. The zero-order valence-corrected chi connectivity index (χ0v) is 15.3. The van der Waals surface area contributed by atoms with E-state index in [4.69, 9.17) is 25.8 Å². The molecule has 0 amide bonds. The van der Waals surface area contributed by atoms with E-state index in [1.165, 1.54) is 7.11 Å². The van der Waals surface area contributed by atoms with E-state index < -0.39 is 0 Å². The van der Waals surface area contributed by atoms with Gasteiger partial charge in [0.1, 0.15) is 0 Å². The van der Waals surface area contributed by atoms with Crippen molar-refractivity contribution >= 4 is 17.6 Å². The highest BCUT2D eigenvalue weighted by Gasteiger charge is 2.26. The Morgan fingerprint density at radius 3 is 2.54 bits per heavy atom. The highest BCUT2D eigenvalue weighted by Crippen LogP contribution is 2.36. The van der Waals surface area contributed by atoms with E-state index in [-0.39, 0.29) is 11.9 Å². The monoisotopic (exact) mass is 355 g/mol. The van der Waals surface area contributed by atoms with Crippen molar-refractivity contribution in [3.8, 4) is 11.5 Å². The van der Waals surface area contributed by atoms with E-state index in [2.05, 4.69) is 5.32 Å².